The SMILES string of the molecule is COc1cccc(C(N)c2ccc(F)cc2F)c1. The van der Waals surface area contributed by atoms with Gasteiger partial charge in [0.25, 0.3) is 0 Å². The third-order valence-electron chi connectivity index (χ3n) is 2.75. The first-order valence-corrected chi connectivity index (χ1v) is 5.46. The number of rotatable bonds is 3. The van der Waals surface area contributed by atoms with Crippen LogP contribution in [0.2, 0.25) is 0 Å². The maximum absolute atomic E-state index is 13.6. The number of hydrogen-bond donors (Lipinski definition) is 1. The molecular weight excluding hydrogens is 236 g/mol. The zero-order valence-electron chi connectivity index (χ0n) is 9.86. The van der Waals surface area contributed by atoms with E-state index in [1.807, 2.05) is 0 Å². The maximum Gasteiger partial charge on any atom is 0.131 e. The zero-order valence-corrected chi connectivity index (χ0v) is 9.86. The summed E-state index contributed by atoms with van der Waals surface area (Å²) >= 11 is 0. The third-order valence-corrected chi connectivity index (χ3v) is 2.75. The monoisotopic (exact) mass is 249 g/mol. The van der Waals surface area contributed by atoms with Crippen molar-refractivity contribution in [3.8, 4) is 5.75 Å². The standard InChI is InChI=1S/C14H13F2NO/c1-18-11-4-2-3-9(7-11)14(17)12-6-5-10(15)8-13(12)16/h2-8,14H,17H2,1H3. The van der Waals surface area contributed by atoms with Gasteiger partial charge in [0, 0.05) is 11.6 Å². The third kappa shape index (κ3) is 2.49. The summed E-state index contributed by atoms with van der Waals surface area (Å²) in [4.78, 5) is 0. The lowest BCUT2D eigenvalue weighted by atomic mass is 9.99. The number of ether oxygens (including phenoxy) is 1. The maximum atomic E-state index is 13.6. The Hall–Kier alpha value is -1.94. The summed E-state index contributed by atoms with van der Waals surface area (Å²) in [5.74, 6) is -0.620. The van der Waals surface area contributed by atoms with E-state index < -0.39 is 17.7 Å². The van der Waals surface area contributed by atoms with E-state index in [0.717, 1.165) is 6.07 Å². The molecule has 0 aliphatic rings. The van der Waals surface area contributed by atoms with Crippen LogP contribution in [0.1, 0.15) is 17.2 Å². The van der Waals surface area contributed by atoms with Gasteiger partial charge in [0.15, 0.2) is 0 Å². The lowest BCUT2D eigenvalue weighted by Gasteiger charge is -2.14. The summed E-state index contributed by atoms with van der Waals surface area (Å²) in [6.07, 6.45) is 0. The van der Waals surface area contributed by atoms with E-state index in [4.69, 9.17) is 10.5 Å². The van der Waals surface area contributed by atoms with Crippen LogP contribution < -0.4 is 10.5 Å². The summed E-state index contributed by atoms with van der Waals surface area (Å²) in [5, 5.41) is 0. The summed E-state index contributed by atoms with van der Waals surface area (Å²) in [7, 11) is 1.54. The predicted molar refractivity (Wildman–Crippen MR) is 65.4 cm³/mol. The quantitative estimate of drug-likeness (QED) is 0.907. The van der Waals surface area contributed by atoms with E-state index in [0.29, 0.717) is 11.3 Å². The molecule has 2 rings (SSSR count). The molecule has 0 heterocycles. The topological polar surface area (TPSA) is 35.2 Å². The molecular formula is C14H13F2NO. The summed E-state index contributed by atoms with van der Waals surface area (Å²) in [5.41, 5.74) is 6.94. The van der Waals surface area contributed by atoms with E-state index in [2.05, 4.69) is 0 Å². The van der Waals surface area contributed by atoms with E-state index >= 15 is 0 Å². The highest BCUT2D eigenvalue weighted by atomic mass is 19.1. The highest BCUT2D eigenvalue weighted by molar-refractivity contribution is 5.36. The molecule has 4 heteroatoms. The normalized spacial score (nSPS) is 12.2. The molecule has 18 heavy (non-hydrogen) atoms. The number of methoxy groups -OCH3 is 1. The van der Waals surface area contributed by atoms with Crippen molar-refractivity contribution in [1.29, 1.82) is 0 Å². The molecule has 0 aliphatic carbocycles. The first kappa shape index (κ1) is 12.5. The molecule has 0 amide bonds. The Kier molecular flexibility index (Phi) is 3.58. The van der Waals surface area contributed by atoms with Crippen LogP contribution in [0, 0.1) is 11.6 Å². The first-order chi connectivity index (χ1) is 8.61. The van der Waals surface area contributed by atoms with E-state index in [1.54, 1.807) is 31.4 Å². The fraction of sp³-hybridized carbons (Fsp3) is 0.143. The molecule has 0 spiro atoms. The average Bonchev–Trinajstić information content (AvgIpc) is 2.38. The second kappa shape index (κ2) is 5.14. The van der Waals surface area contributed by atoms with Crippen molar-refractivity contribution in [1.82, 2.24) is 0 Å². The van der Waals surface area contributed by atoms with Crippen LogP contribution in [0.25, 0.3) is 0 Å². The zero-order chi connectivity index (χ0) is 13.1. The molecule has 0 saturated carbocycles. The lowest BCUT2D eigenvalue weighted by Crippen LogP contribution is -2.13. The second-order valence-electron chi connectivity index (χ2n) is 3.92. The Morgan fingerprint density at radius 3 is 2.56 bits per heavy atom. The van der Waals surface area contributed by atoms with Crippen molar-refractivity contribution in [3.63, 3.8) is 0 Å². The minimum atomic E-state index is -0.652. The molecule has 2 nitrogen and oxygen atoms in total. The molecule has 0 aromatic heterocycles. The molecule has 94 valence electrons. The number of benzene rings is 2. The smallest absolute Gasteiger partial charge is 0.131 e. The predicted octanol–water partition coefficient (Wildman–Crippen LogP) is 3.02. The Morgan fingerprint density at radius 1 is 1.11 bits per heavy atom. The molecule has 0 aliphatic heterocycles. The minimum absolute atomic E-state index is 0.254. The van der Waals surface area contributed by atoms with Gasteiger partial charge in [-0.05, 0) is 23.8 Å². The van der Waals surface area contributed by atoms with Crippen LogP contribution in [-0.4, -0.2) is 7.11 Å². The van der Waals surface area contributed by atoms with Crippen molar-refractivity contribution < 1.29 is 13.5 Å². The highest BCUT2D eigenvalue weighted by Crippen LogP contribution is 2.25. The van der Waals surface area contributed by atoms with Crippen LogP contribution in [0.5, 0.6) is 5.75 Å². The van der Waals surface area contributed by atoms with Crippen LogP contribution >= 0.6 is 0 Å². The highest BCUT2D eigenvalue weighted by Gasteiger charge is 2.14. The molecule has 0 bridgehead atoms. The number of nitrogens with two attached hydrogens (primary N) is 1. The van der Waals surface area contributed by atoms with Gasteiger partial charge < -0.3 is 10.5 Å². The summed E-state index contributed by atoms with van der Waals surface area (Å²) < 4.78 is 31.5. The fourth-order valence-corrected chi connectivity index (χ4v) is 1.77. The minimum Gasteiger partial charge on any atom is -0.497 e. The molecule has 2 aromatic rings. The summed E-state index contributed by atoms with van der Waals surface area (Å²) in [6.45, 7) is 0. The molecule has 2 N–H and O–H groups in total. The van der Waals surface area contributed by atoms with Crippen molar-refractivity contribution in [2.24, 2.45) is 5.73 Å². The number of halogens is 2. The molecule has 0 saturated heterocycles. The lowest BCUT2D eigenvalue weighted by molar-refractivity contribution is 0.414. The van der Waals surface area contributed by atoms with Crippen molar-refractivity contribution in [2.75, 3.05) is 7.11 Å². The largest absolute Gasteiger partial charge is 0.497 e. The van der Waals surface area contributed by atoms with E-state index in [9.17, 15) is 8.78 Å². The van der Waals surface area contributed by atoms with Crippen molar-refractivity contribution in [2.45, 2.75) is 6.04 Å². The molecule has 1 atom stereocenters. The van der Waals surface area contributed by atoms with Crippen LogP contribution in [0.3, 0.4) is 0 Å². The second-order valence-corrected chi connectivity index (χ2v) is 3.92. The van der Waals surface area contributed by atoms with Crippen LogP contribution in [-0.2, 0) is 0 Å². The summed E-state index contributed by atoms with van der Waals surface area (Å²) in [6, 6.07) is 9.78. The van der Waals surface area contributed by atoms with Gasteiger partial charge in [-0.15, -0.1) is 0 Å². The van der Waals surface area contributed by atoms with Gasteiger partial charge in [-0.2, -0.15) is 0 Å². The van der Waals surface area contributed by atoms with Gasteiger partial charge in [-0.25, -0.2) is 8.78 Å². The molecule has 0 fully saturated rings. The van der Waals surface area contributed by atoms with Gasteiger partial charge in [-0.3, -0.25) is 0 Å². The van der Waals surface area contributed by atoms with E-state index in [-0.39, 0.29) is 5.56 Å². The Labute approximate surface area is 104 Å². The van der Waals surface area contributed by atoms with Crippen molar-refractivity contribution >= 4 is 0 Å². The van der Waals surface area contributed by atoms with Gasteiger partial charge >= 0.3 is 0 Å². The van der Waals surface area contributed by atoms with Gasteiger partial charge in [0.1, 0.15) is 17.4 Å². The molecule has 1 unspecified atom stereocenters. The van der Waals surface area contributed by atoms with Crippen molar-refractivity contribution in [3.05, 3.63) is 65.2 Å². The Morgan fingerprint density at radius 2 is 1.89 bits per heavy atom. The Bertz CT molecular complexity index is 557. The first-order valence-electron chi connectivity index (χ1n) is 5.46. The van der Waals surface area contributed by atoms with E-state index in [1.165, 1.54) is 12.1 Å². The fourth-order valence-electron chi connectivity index (χ4n) is 1.77. The Balaban J connectivity index is 2.37. The average molecular weight is 249 g/mol. The van der Waals surface area contributed by atoms with Gasteiger partial charge in [0.05, 0.1) is 13.2 Å². The van der Waals surface area contributed by atoms with Gasteiger partial charge in [0.2, 0.25) is 0 Å². The van der Waals surface area contributed by atoms with Crippen LogP contribution in [0.15, 0.2) is 42.5 Å². The van der Waals surface area contributed by atoms with Gasteiger partial charge in [-0.1, -0.05) is 18.2 Å². The number of hydrogen-bond acceptors (Lipinski definition) is 2. The molecule has 2 aromatic carbocycles. The van der Waals surface area contributed by atoms with Crippen LogP contribution in [0.4, 0.5) is 8.78 Å². The molecule has 0 radical (unpaired) electrons.